The van der Waals surface area contributed by atoms with Gasteiger partial charge in [0.25, 0.3) is 0 Å². The molecule has 0 aliphatic carbocycles. The Morgan fingerprint density at radius 1 is 1.46 bits per heavy atom. The maximum atomic E-state index is 10.4. The molecule has 0 saturated carbocycles. The summed E-state index contributed by atoms with van der Waals surface area (Å²) in [4.78, 5) is 10.4. The summed E-state index contributed by atoms with van der Waals surface area (Å²) >= 11 is 0. The molecule has 13 heavy (non-hydrogen) atoms. The van der Waals surface area contributed by atoms with Gasteiger partial charge in [-0.2, -0.15) is 0 Å². The van der Waals surface area contributed by atoms with Gasteiger partial charge in [0, 0.05) is 0 Å². The number of primary amides is 1. The highest BCUT2D eigenvalue weighted by molar-refractivity contribution is 5.71. The molecule has 0 bridgehead atoms. The molecular weight excluding hydrogens is 168 g/mol. The van der Waals surface area contributed by atoms with Gasteiger partial charge in [0.1, 0.15) is 5.75 Å². The first-order chi connectivity index (χ1) is 6.18. The van der Waals surface area contributed by atoms with E-state index in [9.17, 15) is 4.79 Å². The smallest absolute Gasteiger partial charge is 0.314 e. The molecule has 4 nitrogen and oxygen atoms in total. The van der Waals surface area contributed by atoms with E-state index in [1.807, 2.05) is 18.2 Å². The van der Waals surface area contributed by atoms with Gasteiger partial charge in [-0.15, -0.1) is 0 Å². The minimum atomic E-state index is -0.594. The van der Waals surface area contributed by atoms with E-state index in [-0.39, 0.29) is 0 Å². The summed E-state index contributed by atoms with van der Waals surface area (Å²) in [5, 5.41) is 2.41. The Bertz CT molecular complexity index is 274. The molecule has 2 amide bonds. The zero-order valence-electron chi connectivity index (χ0n) is 7.36. The third-order valence-electron chi connectivity index (χ3n) is 1.40. The van der Waals surface area contributed by atoms with E-state index in [0.717, 1.165) is 0 Å². The Morgan fingerprint density at radius 3 is 2.62 bits per heavy atom. The predicted octanol–water partition coefficient (Wildman–Crippen LogP) is 1.08. The van der Waals surface area contributed by atoms with Crippen molar-refractivity contribution in [2.24, 2.45) is 5.73 Å². The zero-order valence-corrected chi connectivity index (χ0v) is 7.36. The van der Waals surface area contributed by atoms with Crippen LogP contribution in [0.25, 0.3) is 0 Å². The van der Waals surface area contributed by atoms with E-state index < -0.39 is 12.3 Å². The van der Waals surface area contributed by atoms with E-state index >= 15 is 0 Å². The summed E-state index contributed by atoms with van der Waals surface area (Å²) in [6, 6.07) is 8.61. The minimum absolute atomic E-state index is 0.417. The lowest BCUT2D eigenvalue weighted by molar-refractivity contribution is 0.181. The van der Waals surface area contributed by atoms with Crippen molar-refractivity contribution in [2.45, 2.75) is 13.2 Å². The van der Waals surface area contributed by atoms with E-state index in [1.165, 1.54) is 0 Å². The summed E-state index contributed by atoms with van der Waals surface area (Å²) < 4.78 is 5.31. The number of benzene rings is 1. The number of urea groups is 1. The standard InChI is InChI=1S/C9H12N2O2/c1-7(11-9(10)12)13-8-5-3-2-4-6-8/h2-7H,1H3,(H3,10,11,12). The fourth-order valence-corrected chi connectivity index (χ4v) is 0.933. The first kappa shape index (κ1) is 9.38. The molecule has 0 fully saturated rings. The largest absolute Gasteiger partial charge is 0.471 e. The number of amides is 2. The number of rotatable bonds is 3. The molecule has 0 saturated heterocycles. The van der Waals surface area contributed by atoms with E-state index in [2.05, 4.69) is 5.32 Å². The highest BCUT2D eigenvalue weighted by atomic mass is 16.5. The van der Waals surface area contributed by atoms with Gasteiger partial charge in [0.2, 0.25) is 0 Å². The molecule has 0 heterocycles. The number of nitrogens with one attached hydrogen (secondary N) is 1. The Kier molecular flexibility index (Phi) is 3.14. The maximum absolute atomic E-state index is 10.4. The van der Waals surface area contributed by atoms with Crippen molar-refractivity contribution in [1.82, 2.24) is 5.32 Å². The molecule has 1 rings (SSSR count). The molecule has 70 valence electrons. The van der Waals surface area contributed by atoms with Crippen LogP contribution in [0.2, 0.25) is 0 Å². The van der Waals surface area contributed by atoms with Gasteiger partial charge in [-0.1, -0.05) is 18.2 Å². The predicted molar refractivity (Wildman–Crippen MR) is 49.3 cm³/mol. The van der Waals surface area contributed by atoms with Crippen molar-refractivity contribution in [1.29, 1.82) is 0 Å². The van der Waals surface area contributed by atoms with E-state index in [0.29, 0.717) is 5.75 Å². The molecule has 1 aromatic carbocycles. The van der Waals surface area contributed by atoms with Crippen molar-refractivity contribution in [3.8, 4) is 5.75 Å². The Hall–Kier alpha value is -1.71. The normalized spacial score (nSPS) is 11.8. The molecule has 1 unspecified atom stereocenters. The van der Waals surface area contributed by atoms with Crippen molar-refractivity contribution >= 4 is 6.03 Å². The second kappa shape index (κ2) is 4.35. The van der Waals surface area contributed by atoms with E-state index in [4.69, 9.17) is 10.5 Å². The summed E-state index contributed by atoms with van der Waals surface area (Å²) in [6.07, 6.45) is -0.417. The summed E-state index contributed by atoms with van der Waals surface area (Å²) in [5.41, 5.74) is 4.92. The Morgan fingerprint density at radius 2 is 2.08 bits per heavy atom. The maximum Gasteiger partial charge on any atom is 0.314 e. The molecule has 1 aromatic rings. The third kappa shape index (κ3) is 3.46. The van der Waals surface area contributed by atoms with Crippen LogP contribution in [0.15, 0.2) is 30.3 Å². The Labute approximate surface area is 76.7 Å². The monoisotopic (exact) mass is 180 g/mol. The van der Waals surface area contributed by atoms with Crippen LogP contribution in [-0.4, -0.2) is 12.3 Å². The number of nitrogens with two attached hydrogens (primary N) is 1. The second-order valence-corrected chi connectivity index (χ2v) is 2.58. The minimum Gasteiger partial charge on any atom is -0.471 e. The van der Waals surface area contributed by atoms with Gasteiger partial charge in [0.15, 0.2) is 6.23 Å². The SMILES string of the molecule is CC(NC(N)=O)Oc1ccccc1. The van der Waals surface area contributed by atoms with Crippen LogP contribution in [0.3, 0.4) is 0 Å². The molecule has 0 aliphatic rings. The molecule has 0 radical (unpaired) electrons. The Balaban J connectivity index is 2.45. The zero-order chi connectivity index (χ0) is 9.68. The van der Waals surface area contributed by atoms with E-state index in [1.54, 1.807) is 19.1 Å². The first-order valence-corrected chi connectivity index (χ1v) is 3.96. The average Bonchev–Trinajstić information content (AvgIpc) is 2.04. The van der Waals surface area contributed by atoms with Crippen LogP contribution in [0.1, 0.15) is 6.92 Å². The van der Waals surface area contributed by atoms with Crippen LogP contribution < -0.4 is 15.8 Å². The summed E-state index contributed by atoms with van der Waals surface area (Å²) in [7, 11) is 0. The van der Waals surface area contributed by atoms with Gasteiger partial charge in [0.05, 0.1) is 0 Å². The quantitative estimate of drug-likeness (QED) is 0.683. The summed E-state index contributed by atoms with van der Waals surface area (Å²) in [5.74, 6) is 0.698. The molecule has 0 aliphatic heterocycles. The highest BCUT2D eigenvalue weighted by Crippen LogP contribution is 2.09. The fourth-order valence-electron chi connectivity index (χ4n) is 0.933. The van der Waals surface area contributed by atoms with Gasteiger partial charge in [-0.25, -0.2) is 4.79 Å². The fraction of sp³-hybridized carbons (Fsp3) is 0.222. The first-order valence-electron chi connectivity index (χ1n) is 3.96. The molecule has 4 heteroatoms. The van der Waals surface area contributed by atoms with Crippen LogP contribution in [0, 0.1) is 0 Å². The van der Waals surface area contributed by atoms with Gasteiger partial charge < -0.3 is 15.8 Å². The molecule has 0 spiro atoms. The number of para-hydroxylation sites is 1. The van der Waals surface area contributed by atoms with Crippen molar-refractivity contribution in [3.63, 3.8) is 0 Å². The topological polar surface area (TPSA) is 64.3 Å². The number of hydrogen-bond donors (Lipinski definition) is 2. The number of carbonyl (C=O) groups is 1. The van der Waals surface area contributed by atoms with Gasteiger partial charge in [-0.05, 0) is 19.1 Å². The third-order valence-corrected chi connectivity index (χ3v) is 1.40. The van der Waals surface area contributed by atoms with Gasteiger partial charge >= 0.3 is 6.03 Å². The van der Waals surface area contributed by atoms with Gasteiger partial charge in [-0.3, -0.25) is 0 Å². The highest BCUT2D eigenvalue weighted by Gasteiger charge is 2.03. The molecule has 1 atom stereocenters. The number of carbonyl (C=O) groups excluding carboxylic acids is 1. The van der Waals surface area contributed by atoms with Crippen LogP contribution in [-0.2, 0) is 0 Å². The lowest BCUT2D eigenvalue weighted by atomic mass is 10.3. The number of hydrogen-bond acceptors (Lipinski definition) is 2. The second-order valence-electron chi connectivity index (χ2n) is 2.58. The summed E-state index contributed by atoms with van der Waals surface area (Å²) in [6.45, 7) is 1.71. The molecule has 0 aromatic heterocycles. The van der Waals surface area contributed by atoms with Crippen LogP contribution in [0.5, 0.6) is 5.75 Å². The van der Waals surface area contributed by atoms with Crippen molar-refractivity contribution in [3.05, 3.63) is 30.3 Å². The number of ether oxygens (including phenoxy) is 1. The van der Waals surface area contributed by atoms with Crippen molar-refractivity contribution in [2.75, 3.05) is 0 Å². The molecule has 3 N–H and O–H groups in total. The lowest BCUT2D eigenvalue weighted by Gasteiger charge is -2.14. The van der Waals surface area contributed by atoms with Crippen LogP contribution >= 0.6 is 0 Å². The van der Waals surface area contributed by atoms with Crippen molar-refractivity contribution < 1.29 is 9.53 Å². The average molecular weight is 180 g/mol. The van der Waals surface area contributed by atoms with Crippen LogP contribution in [0.4, 0.5) is 4.79 Å². The lowest BCUT2D eigenvalue weighted by Crippen LogP contribution is -2.40. The molecular formula is C9H12N2O2.